The zero-order valence-electron chi connectivity index (χ0n) is 11.6. The van der Waals surface area contributed by atoms with Crippen LogP contribution < -0.4 is 5.73 Å². The molecule has 3 N–H and O–H groups in total. The maximum atomic E-state index is 11.4. The topological polar surface area (TPSA) is 66.6 Å². The molecule has 1 unspecified atom stereocenters. The van der Waals surface area contributed by atoms with Crippen LogP contribution in [-0.2, 0) is 4.79 Å². The lowest BCUT2D eigenvalue weighted by Crippen LogP contribution is -2.59. The highest BCUT2D eigenvalue weighted by molar-refractivity contribution is 5.79. The molecule has 1 atom stereocenters. The highest BCUT2D eigenvalue weighted by Gasteiger charge is 2.49. The predicted octanol–water partition coefficient (Wildman–Crippen LogP) is 1.69. The Kier molecular flexibility index (Phi) is 3.70. The minimum absolute atomic E-state index is 0.189. The van der Waals surface area contributed by atoms with Gasteiger partial charge in [-0.15, -0.1) is 0 Å². The maximum absolute atomic E-state index is 11.4. The van der Waals surface area contributed by atoms with Crippen molar-refractivity contribution in [3.05, 3.63) is 0 Å². The Bertz CT molecular complexity index is 320. The Morgan fingerprint density at radius 2 is 2.00 bits per heavy atom. The van der Waals surface area contributed by atoms with E-state index in [2.05, 4.69) is 18.7 Å². The summed E-state index contributed by atoms with van der Waals surface area (Å²) in [6, 6.07) is 0. The second kappa shape index (κ2) is 4.82. The lowest BCUT2D eigenvalue weighted by molar-refractivity contribution is -0.145. The van der Waals surface area contributed by atoms with Gasteiger partial charge in [0.1, 0.15) is 5.54 Å². The molecule has 1 aliphatic heterocycles. The van der Waals surface area contributed by atoms with Crippen molar-refractivity contribution in [2.75, 3.05) is 19.6 Å². The molecular weight excluding hydrogens is 228 g/mol. The number of rotatable bonds is 5. The van der Waals surface area contributed by atoms with E-state index < -0.39 is 11.5 Å². The quantitative estimate of drug-likeness (QED) is 0.783. The van der Waals surface area contributed by atoms with Crippen LogP contribution in [0.15, 0.2) is 0 Å². The van der Waals surface area contributed by atoms with E-state index in [0.717, 1.165) is 38.8 Å². The molecule has 1 aliphatic carbocycles. The molecule has 2 rings (SSSR count). The first-order chi connectivity index (χ1) is 8.39. The second-order valence-electron chi connectivity index (χ2n) is 6.56. The molecule has 0 aromatic heterocycles. The van der Waals surface area contributed by atoms with Crippen LogP contribution in [0.5, 0.6) is 0 Å². The molecule has 1 saturated heterocycles. The predicted molar refractivity (Wildman–Crippen MR) is 71.4 cm³/mol. The molecule has 0 radical (unpaired) electrons. The maximum Gasteiger partial charge on any atom is 0.325 e. The Morgan fingerprint density at radius 3 is 2.39 bits per heavy atom. The SMILES string of the molecule is CCC1(C)CCN(CC(N)(C(=O)O)C2CC2)CC1. The molecule has 1 saturated carbocycles. The molecule has 4 heteroatoms. The molecule has 2 fully saturated rings. The van der Waals surface area contributed by atoms with Crippen LogP contribution in [0.4, 0.5) is 0 Å². The van der Waals surface area contributed by atoms with E-state index in [9.17, 15) is 9.90 Å². The van der Waals surface area contributed by atoms with Crippen LogP contribution in [0.3, 0.4) is 0 Å². The third kappa shape index (κ3) is 2.69. The number of carboxylic acid groups (broad SMARTS) is 1. The minimum atomic E-state index is -1.01. The van der Waals surface area contributed by atoms with E-state index in [1.54, 1.807) is 0 Å². The largest absolute Gasteiger partial charge is 0.480 e. The van der Waals surface area contributed by atoms with Crippen molar-refractivity contribution in [2.24, 2.45) is 17.1 Å². The van der Waals surface area contributed by atoms with E-state index in [1.165, 1.54) is 6.42 Å². The van der Waals surface area contributed by atoms with Gasteiger partial charge in [-0.3, -0.25) is 4.79 Å². The van der Waals surface area contributed by atoms with E-state index in [4.69, 9.17) is 5.73 Å². The van der Waals surface area contributed by atoms with Crippen molar-refractivity contribution < 1.29 is 9.90 Å². The van der Waals surface area contributed by atoms with Gasteiger partial charge in [-0.25, -0.2) is 0 Å². The standard InChI is InChI=1S/C14H26N2O2/c1-3-13(2)6-8-16(9-7-13)10-14(15,12(17)18)11-4-5-11/h11H,3-10,15H2,1-2H3,(H,17,18). The van der Waals surface area contributed by atoms with Gasteiger partial charge >= 0.3 is 5.97 Å². The summed E-state index contributed by atoms with van der Waals surface area (Å²) in [6.45, 7) is 7.07. The second-order valence-corrected chi connectivity index (χ2v) is 6.56. The summed E-state index contributed by atoms with van der Waals surface area (Å²) in [4.78, 5) is 13.7. The molecule has 0 spiro atoms. The number of hydrogen-bond donors (Lipinski definition) is 2. The van der Waals surface area contributed by atoms with E-state index >= 15 is 0 Å². The smallest absolute Gasteiger partial charge is 0.325 e. The summed E-state index contributed by atoms with van der Waals surface area (Å²) in [5.74, 6) is -0.636. The molecule has 2 aliphatic rings. The highest BCUT2D eigenvalue weighted by atomic mass is 16.4. The molecule has 0 bridgehead atoms. The average Bonchev–Trinajstić information content (AvgIpc) is 3.16. The number of nitrogens with zero attached hydrogens (tertiary/aromatic N) is 1. The molecule has 4 nitrogen and oxygen atoms in total. The summed E-state index contributed by atoms with van der Waals surface area (Å²) in [5, 5.41) is 9.37. The Hall–Kier alpha value is -0.610. The molecule has 0 amide bonds. The number of carboxylic acids is 1. The molecule has 1 heterocycles. The number of hydrogen-bond acceptors (Lipinski definition) is 3. The van der Waals surface area contributed by atoms with Crippen molar-refractivity contribution >= 4 is 5.97 Å². The highest BCUT2D eigenvalue weighted by Crippen LogP contribution is 2.40. The Balaban J connectivity index is 1.92. The number of piperidine rings is 1. The molecule has 0 aromatic carbocycles. The van der Waals surface area contributed by atoms with Crippen molar-refractivity contribution in [2.45, 2.75) is 51.5 Å². The normalized spacial score (nSPS) is 27.7. The minimum Gasteiger partial charge on any atom is -0.480 e. The van der Waals surface area contributed by atoms with Crippen LogP contribution in [0.2, 0.25) is 0 Å². The first-order valence-corrected chi connectivity index (χ1v) is 7.14. The van der Waals surface area contributed by atoms with Crippen molar-refractivity contribution in [3.8, 4) is 0 Å². The van der Waals surface area contributed by atoms with Gasteiger partial charge in [0.25, 0.3) is 0 Å². The van der Waals surface area contributed by atoms with Crippen molar-refractivity contribution in [3.63, 3.8) is 0 Å². The third-order valence-corrected chi connectivity index (χ3v) is 5.11. The van der Waals surface area contributed by atoms with Gasteiger partial charge < -0.3 is 15.7 Å². The van der Waals surface area contributed by atoms with Gasteiger partial charge in [-0.2, -0.15) is 0 Å². The summed E-state index contributed by atoms with van der Waals surface area (Å²) >= 11 is 0. The fourth-order valence-corrected chi connectivity index (χ4v) is 2.94. The fourth-order valence-electron chi connectivity index (χ4n) is 2.94. The summed E-state index contributed by atoms with van der Waals surface area (Å²) in [5.41, 5.74) is 5.56. The monoisotopic (exact) mass is 254 g/mol. The van der Waals surface area contributed by atoms with E-state index in [-0.39, 0.29) is 5.92 Å². The molecule has 18 heavy (non-hydrogen) atoms. The van der Waals surface area contributed by atoms with Crippen LogP contribution >= 0.6 is 0 Å². The lowest BCUT2D eigenvalue weighted by Gasteiger charge is -2.41. The third-order valence-electron chi connectivity index (χ3n) is 5.11. The van der Waals surface area contributed by atoms with Gasteiger partial charge in [-0.05, 0) is 50.1 Å². The Labute approximate surface area is 110 Å². The summed E-state index contributed by atoms with van der Waals surface area (Å²) < 4.78 is 0. The molecule has 0 aromatic rings. The number of likely N-dealkylation sites (tertiary alicyclic amines) is 1. The van der Waals surface area contributed by atoms with Crippen LogP contribution in [0, 0.1) is 11.3 Å². The van der Waals surface area contributed by atoms with E-state index in [0.29, 0.717) is 12.0 Å². The van der Waals surface area contributed by atoms with Crippen LogP contribution in [0.25, 0.3) is 0 Å². The number of aliphatic carboxylic acids is 1. The first kappa shape index (κ1) is 13.8. The van der Waals surface area contributed by atoms with Gasteiger partial charge in [-0.1, -0.05) is 20.3 Å². The zero-order chi connectivity index (χ0) is 13.4. The van der Waals surface area contributed by atoms with Gasteiger partial charge in [0.05, 0.1) is 0 Å². The van der Waals surface area contributed by atoms with Crippen LogP contribution in [-0.4, -0.2) is 41.1 Å². The average molecular weight is 254 g/mol. The molecule has 104 valence electrons. The van der Waals surface area contributed by atoms with E-state index in [1.807, 2.05) is 0 Å². The lowest BCUT2D eigenvalue weighted by atomic mass is 9.78. The van der Waals surface area contributed by atoms with Gasteiger partial charge in [0.15, 0.2) is 0 Å². The summed E-state index contributed by atoms with van der Waals surface area (Å²) in [7, 11) is 0. The van der Waals surface area contributed by atoms with Gasteiger partial charge in [0, 0.05) is 6.54 Å². The van der Waals surface area contributed by atoms with Crippen molar-refractivity contribution in [1.29, 1.82) is 0 Å². The summed E-state index contributed by atoms with van der Waals surface area (Å²) in [6.07, 6.45) is 5.47. The Morgan fingerprint density at radius 1 is 1.44 bits per heavy atom. The number of nitrogens with two attached hydrogens (primary N) is 1. The van der Waals surface area contributed by atoms with Gasteiger partial charge in [0.2, 0.25) is 0 Å². The zero-order valence-corrected chi connectivity index (χ0v) is 11.6. The van der Waals surface area contributed by atoms with Crippen molar-refractivity contribution in [1.82, 2.24) is 4.90 Å². The first-order valence-electron chi connectivity index (χ1n) is 7.14. The number of carbonyl (C=O) groups is 1. The molecular formula is C14H26N2O2. The van der Waals surface area contributed by atoms with Crippen LogP contribution in [0.1, 0.15) is 46.0 Å². The fraction of sp³-hybridized carbons (Fsp3) is 0.929.